The molecule has 1 aliphatic carbocycles. The molecule has 1 N–H and O–H groups in total. The van der Waals surface area contributed by atoms with Crippen molar-refractivity contribution in [1.82, 2.24) is 0 Å². The van der Waals surface area contributed by atoms with Gasteiger partial charge in [0.25, 0.3) is 0 Å². The molecule has 0 bridgehead atoms. The molecule has 3 aliphatic rings. The maximum absolute atomic E-state index is 12.4. The van der Waals surface area contributed by atoms with Crippen molar-refractivity contribution in [2.75, 3.05) is 6.61 Å². The normalized spacial score (nSPS) is 34.5. The second-order valence-corrected chi connectivity index (χ2v) is 7.43. The van der Waals surface area contributed by atoms with Gasteiger partial charge in [-0.15, -0.1) is 0 Å². The minimum Gasteiger partial charge on any atom is -0.454 e. The Kier molecular flexibility index (Phi) is 5.08. The van der Waals surface area contributed by atoms with Crippen LogP contribution in [0.4, 0.5) is 0 Å². The number of aliphatic hydroxyl groups is 1. The number of aliphatic hydroxyl groups excluding tert-OH is 1. The van der Waals surface area contributed by atoms with Gasteiger partial charge in [0, 0.05) is 17.6 Å². The molecule has 4 unspecified atom stereocenters. The molecule has 1 saturated heterocycles. The Bertz CT molecular complexity index is 716. The van der Waals surface area contributed by atoms with Crippen molar-refractivity contribution in [2.24, 2.45) is 0 Å². The van der Waals surface area contributed by atoms with Crippen molar-refractivity contribution in [3.05, 3.63) is 34.4 Å². The highest BCUT2D eigenvalue weighted by molar-refractivity contribution is 5.93. The maximum atomic E-state index is 12.4. The van der Waals surface area contributed by atoms with Crippen LogP contribution in [0.25, 0.3) is 0 Å². The van der Waals surface area contributed by atoms with E-state index in [-0.39, 0.29) is 17.3 Å². The molecule has 2 aliphatic heterocycles. The molecule has 0 aromatic heterocycles. The van der Waals surface area contributed by atoms with Gasteiger partial charge in [0.1, 0.15) is 12.2 Å². The molecule has 0 aromatic rings. The zero-order chi connectivity index (χ0) is 19.1. The molecule has 0 radical (unpaired) electrons. The summed E-state index contributed by atoms with van der Waals surface area (Å²) in [5, 5.41) is 9.73. The van der Waals surface area contributed by atoms with Crippen molar-refractivity contribution in [3.8, 4) is 0 Å². The highest BCUT2D eigenvalue weighted by Gasteiger charge is 2.61. The Morgan fingerprint density at radius 2 is 2.23 bits per heavy atom. The van der Waals surface area contributed by atoms with Gasteiger partial charge in [-0.25, -0.2) is 9.59 Å². The molecule has 2 heterocycles. The first-order valence-corrected chi connectivity index (χ1v) is 9.03. The second-order valence-electron chi connectivity index (χ2n) is 7.43. The zero-order valence-corrected chi connectivity index (χ0v) is 15.7. The molecule has 6 heteroatoms. The third-order valence-electron chi connectivity index (χ3n) is 5.50. The fourth-order valence-corrected chi connectivity index (χ4v) is 3.67. The summed E-state index contributed by atoms with van der Waals surface area (Å²) < 4.78 is 17.1. The summed E-state index contributed by atoms with van der Waals surface area (Å²) in [6.07, 6.45) is 4.36. The maximum Gasteiger partial charge on any atom is 0.337 e. The van der Waals surface area contributed by atoms with Crippen LogP contribution in [0.15, 0.2) is 34.4 Å². The van der Waals surface area contributed by atoms with Crippen LogP contribution >= 0.6 is 0 Å². The number of epoxide rings is 1. The summed E-state index contributed by atoms with van der Waals surface area (Å²) in [6.45, 7) is 6.97. The van der Waals surface area contributed by atoms with E-state index in [2.05, 4.69) is 6.08 Å². The molecule has 6 nitrogen and oxygen atoms in total. The number of esters is 2. The van der Waals surface area contributed by atoms with Gasteiger partial charge in [-0.3, -0.25) is 0 Å². The van der Waals surface area contributed by atoms with E-state index in [0.29, 0.717) is 17.6 Å². The highest BCUT2D eigenvalue weighted by atomic mass is 16.6. The SMILES string of the molecule is CC=C(C)C(=O)OC1CC(C)=CCCC2(C)OC2C2OC(=O)C(CO)=C12. The van der Waals surface area contributed by atoms with Gasteiger partial charge < -0.3 is 19.3 Å². The van der Waals surface area contributed by atoms with E-state index in [4.69, 9.17) is 14.2 Å². The molecule has 4 atom stereocenters. The van der Waals surface area contributed by atoms with Crippen LogP contribution in [0, 0.1) is 0 Å². The monoisotopic (exact) mass is 362 g/mol. The lowest BCUT2D eigenvalue weighted by Gasteiger charge is -2.25. The summed E-state index contributed by atoms with van der Waals surface area (Å²) in [5.74, 6) is -1.00. The number of fused-ring (bicyclic) bond motifs is 3. The Balaban J connectivity index is 2.02. The molecule has 0 amide bonds. The van der Waals surface area contributed by atoms with Crippen molar-refractivity contribution >= 4 is 11.9 Å². The Morgan fingerprint density at radius 1 is 1.50 bits per heavy atom. The van der Waals surface area contributed by atoms with Gasteiger partial charge in [0.05, 0.1) is 17.8 Å². The van der Waals surface area contributed by atoms with E-state index >= 15 is 0 Å². The third-order valence-corrected chi connectivity index (χ3v) is 5.50. The zero-order valence-electron chi connectivity index (χ0n) is 15.7. The van der Waals surface area contributed by atoms with Crippen molar-refractivity contribution in [2.45, 2.75) is 70.9 Å². The molecule has 0 spiro atoms. The van der Waals surface area contributed by atoms with Crippen LogP contribution < -0.4 is 0 Å². The number of allylic oxidation sites excluding steroid dienone is 2. The first-order valence-electron chi connectivity index (χ1n) is 9.03. The number of ether oxygens (including phenoxy) is 3. The van der Waals surface area contributed by atoms with Gasteiger partial charge in [-0.05, 0) is 40.5 Å². The number of hydrogen-bond acceptors (Lipinski definition) is 6. The predicted molar refractivity (Wildman–Crippen MR) is 94.2 cm³/mol. The molecule has 0 aromatic carbocycles. The highest BCUT2D eigenvalue weighted by Crippen LogP contribution is 2.49. The van der Waals surface area contributed by atoms with Gasteiger partial charge in [-0.1, -0.05) is 17.7 Å². The number of carbonyl (C=O) groups is 2. The van der Waals surface area contributed by atoms with Crippen LogP contribution in [0.1, 0.15) is 47.0 Å². The standard InChI is InChI=1S/C20H26O6/c1-5-12(3)18(22)24-14-9-11(2)7-6-8-20(4)17(26-20)16-15(14)13(10-21)19(23)25-16/h5,7,14,16-17,21H,6,8-10H2,1-4H3. The van der Waals surface area contributed by atoms with E-state index in [1.807, 2.05) is 13.8 Å². The average Bonchev–Trinajstić information content (AvgIpc) is 3.14. The van der Waals surface area contributed by atoms with Gasteiger partial charge >= 0.3 is 11.9 Å². The third kappa shape index (κ3) is 3.35. The summed E-state index contributed by atoms with van der Waals surface area (Å²) in [6, 6.07) is 0. The first-order chi connectivity index (χ1) is 12.3. The Morgan fingerprint density at radius 3 is 2.88 bits per heavy atom. The minimum atomic E-state index is -0.668. The predicted octanol–water partition coefficient (Wildman–Crippen LogP) is 2.37. The average molecular weight is 362 g/mol. The Labute approximate surface area is 153 Å². The molecule has 0 saturated carbocycles. The molecule has 142 valence electrons. The smallest absolute Gasteiger partial charge is 0.337 e. The fourth-order valence-electron chi connectivity index (χ4n) is 3.67. The van der Waals surface area contributed by atoms with Crippen LogP contribution in [-0.2, 0) is 23.8 Å². The summed E-state index contributed by atoms with van der Waals surface area (Å²) >= 11 is 0. The minimum absolute atomic E-state index is 0.178. The molecule has 1 fully saturated rings. The van der Waals surface area contributed by atoms with Crippen LogP contribution in [0.3, 0.4) is 0 Å². The summed E-state index contributed by atoms with van der Waals surface area (Å²) in [5.41, 5.74) is 1.90. The second kappa shape index (κ2) is 7.00. The van der Waals surface area contributed by atoms with Crippen molar-refractivity contribution < 1.29 is 28.9 Å². The lowest BCUT2D eigenvalue weighted by atomic mass is 9.87. The van der Waals surface area contributed by atoms with Crippen LogP contribution in [0.5, 0.6) is 0 Å². The van der Waals surface area contributed by atoms with Gasteiger partial charge in [0.2, 0.25) is 0 Å². The Hall–Kier alpha value is -1.92. The van der Waals surface area contributed by atoms with E-state index in [1.54, 1.807) is 19.9 Å². The number of hydrogen-bond donors (Lipinski definition) is 1. The van der Waals surface area contributed by atoms with E-state index < -0.39 is 30.8 Å². The fraction of sp³-hybridized carbons (Fsp3) is 0.600. The van der Waals surface area contributed by atoms with Gasteiger partial charge in [-0.2, -0.15) is 0 Å². The largest absolute Gasteiger partial charge is 0.454 e. The first kappa shape index (κ1) is 18.9. The molecule has 3 rings (SSSR count). The van der Waals surface area contributed by atoms with Crippen molar-refractivity contribution in [1.29, 1.82) is 0 Å². The number of rotatable bonds is 3. The topological polar surface area (TPSA) is 85.4 Å². The van der Waals surface area contributed by atoms with E-state index in [0.717, 1.165) is 18.4 Å². The summed E-state index contributed by atoms with van der Waals surface area (Å²) in [4.78, 5) is 24.6. The molecular weight excluding hydrogens is 336 g/mol. The van der Waals surface area contributed by atoms with Crippen molar-refractivity contribution in [3.63, 3.8) is 0 Å². The quantitative estimate of drug-likeness (QED) is 0.359. The molecular formula is C20H26O6. The van der Waals surface area contributed by atoms with Crippen LogP contribution in [0.2, 0.25) is 0 Å². The molecule has 26 heavy (non-hydrogen) atoms. The van der Waals surface area contributed by atoms with E-state index in [9.17, 15) is 14.7 Å². The van der Waals surface area contributed by atoms with E-state index in [1.165, 1.54) is 0 Å². The van der Waals surface area contributed by atoms with Crippen LogP contribution in [-0.4, -0.2) is 47.6 Å². The lowest BCUT2D eigenvalue weighted by molar-refractivity contribution is -0.143. The van der Waals surface area contributed by atoms with Gasteiger partial charge in [0.15, 0.2) is 6.10 Å². The number of carbonyl (C=O) groups excluding carboxylic acids is 2. The summed E-state index contributed by atoms with van der Waals surface area (Å²) in [7, 11) is 0. The lowest BCUT2D eigenvalue weighted by Crippen LogP contribution is -2.33.